The lowest BCUT2D eigenvalue weighted by molar-refractivity contribution is -0.116. The fourth-order valence-corrected chi connectivity index (χ4v) is 3.64. The van der Waals surface area contributed by atoms with Crippen molar-refractivity contribution < 1.29 is 9.59 Å². The first-order chi connectivity index (χ1) is 11.5. The summed E-state index contributed by atoms with van der Waals surface area (Å²) in [6.45, 7) is 1.49. The van der Waals surface area contributed by atoms with Crippen LogP contribution in [0.3, 0.4) is 0 Å². The molecule has 2 rings (SSSR count). The Morgan fingerprint density at radius 3 is 2.62 bits per heavy atom. The van der Waals surface area contributed by atoms with Crippen LogP contribution >= 0.6 is 11.6 Å². The Kier molecular flexibility index (Phi) is 7.19. The maximum absolute atomic E-state index is 12.1. The lowest BCUT2D eigenvalue weighted by Crippen LogP contribution is -2.32. The SMILES string of the molecule is CC(=O)c1ccc(C/C=C/C(=O)[C@H](N)CC2CCCCC2)cc1Cl. The van der Waals surface area contributed by atoms with Crippen molar-refractivity contribution in [3.63, 3.8) is 0 Å². The molecule has 0 amide bonds. The number of carbonyl (C=O) groups is 2. The molecule has 0 radical (unpaired) electrons. The van der Waals surface area contributed by atoms with E-state index in [0.29, 0.717) is 22.9 Å². The van der Waals surface area contributed by atoms with Crippen LogP contribution in [0.15, 0.2) is 30.4 Å². The summed E-state index contributed by atoms with van der Waals surface area (Å²) in [5.74, 6) is 0.544. The number of ketones is 2. The molecule has 0 aliphatic heterocycles. The van der Waals surface area contributed by atoms with Gasteiger partial charge in [0.2, 0.25) is 0 Å². The highest BCUT2D eigenvalue weighted by Gasteiger charge is 2.19. The molecule has 1 aliphatic rings. The van der Waals surface area contributed by atoms with E-state index in [1.165, 1.54) is 39.0 Å². The highest BCUT2D eigenvalue weighted by Crippen LogP contribution is 2.27. The summed E-state index contributed by atoms with van der Waals surface area (Å²) in [6.07, 6.45) is 11.0. The first-order valence-electron chi connectivity index (χ1n) is 8.72. The summed E-state index contributed by atoms with van der Waals surface area (Å²) >= 11 is 6.09. The van der Waals surface area contributed by atoms with E-state index in [4.69, 9.17) is 17.3 Å². The quantitative estimate of drug-likeness (QED) is 0.583. The van der Waals surface area contributed by atoms with Crippen molar-refractivity contribution >= 4 is 23.2 Å². The predicted octanol–water partition coefficient (Wildman–Crippen LogP) is 4.51. The van der Waals surface area contributed by atoms with Crippen LogP contribution in [0.4, 0.5) is 0 Å². The van der Waals surface area contributed by atoms with Crippen LogP contribution in [0.5, 0.6) is 0 Å². The van der Waals surface area contributed by atoms with E-state index in [0.717, 1.165) is 12.0 Å². The summed E-state index contributed by atoms with van der Waals surface area (Å²) < 4.78 is 0. The third-order valence-corrected chi connectivity index (χ3v) is 5.04. The van der Waals surface area contributed by atoms with Gasteiger partial charge >= 0.3 is 0 Å². The minimum atomic E-state index is -0.395. The molecule has 1 fully saturated rings. The first-order valence-corrected chi connectivity index (χ1v) is 9.10. The minimum absolute atomic E-state index is 0.00738. The third-order valence-electron chi connectivity index (χ3n) is 4.73. The van der Waals surface area contributed by atoms with Gasteiger partial charge in [-0.25, -0.2) is 0 Å². The maximum atomic E-state index is 12.1. The molecule has 0 saturated heterocycles. The summed E-state index contributed by atoms with van der Waals surface area (Å²) in [5.41, 5.74) is 7.54. The molecular formula is C20H26ClNO2. The van der Waals surface area contributed by atoms with E-state index in [2.05, 4.69) is 0 Å². The number of nitrogens with two attached hydrogens (primary N) is 1. The van der Waals surface area contributed by atoms with Crippen LogP contribution in [0.2, 0.25) is 5.02 Å². The van der Waals surface area contributed by atoms with Crippen molar-refractivity contribution in [2.24, 2.45) is 11.7 Å². The Morgan fingerprint density at radius 1 is 1.29 bits per heavy atom. The van der Waals surface area contributed by atoms with E-state index in [-0.39, 0.29) is 11.6 Å². The number of allylic oxidation sites excluding steroid dienone is 1. The van der Waals surface area contributed by atoms with Crippen molar-refractivity contribution in [3.8, 4) is 0 Å². The first kappa shape index (κ1) is 18.9. The molecule has 3 nitrogen and oxygen atoms in total. The van der Waals surface area contributed by atoms with Gasteiger partial charge in [0.05, 0.1) is 11.1 Å². The van der Waals surface area contributed by atoms with Gasteiger partial charge in [0.25, 0.3) is 0 Å². The molecule has 0 spiro atoms. The van der Waals surface area contributed by atoms with Crippen molar-refractivity contribution in [3.05, 3.63) is 46.5 Å². The molecule has 0 bridgehead atoms. The van der Waals surface area contributed by atoms with Crippen LogP contribution in [0, 0.1) is 5.92 Å². The fourth-order valence-electron chi connectivity index (χ4n) is 3.30. The molecular weight excluding hydrogens is 322 g/mol. The van der Waals surface area contributed by atoms with Gasteiger partial charge in [-0.2, -0.15) is 0 Å². The second kappa shape index (κ2) is 9.14. The number of hydrogen-bond acceptors (Lipinski definition) is 3. The Morgan fingerprint density at radius 2 is 2.00 bits per heavy atom. The summed E-state index contributed by atoms with van der Waals surface area (Å²) in [4.78, 5) is 23.5. The molecule has 1 aromatic carbocycles. The zero-order valence-electron chi connectivity index (χ0n) is 14.3. The standard InChI is InChI=1S/C20H26ClNO2/c1-14(23)17-11-10-16(12-18(17)21)8-5-9-20(24)19(22)13-15-6-3-2-4-7-15/h5,9-12,15,19H,2-4,6-8,13,22H2,1H3/b9-5+/t19-/m1/s1. The lowest BCUT2D eigenvalue weighted by Gasteiger charge is -2.23. The van der Waals surface area contributed by atoms with E-state index >= 15 is 0 Å². The van der Waals surface area contributed by atoms with E-state index in [1.807, 2.05) is 12.1 Å². The molecule has 0 unspecified atom stereocenters. The Hall–Kier alpha value is -1.45. The van der Waals surface area contributed by atoms with E-state index in [9.17, 15) is 9.59 Å². The van der Waals surface area contributed by atoms with Gasteiger partial charge in [0.15, 0.2) is 11.6 Å². The largest absolute Gasteiger partial charge is 0.321 e. The van der Waals surface area contributed by atoms with E-state index in [1.54, 1.807) is 18.2 Å². The molecule has 1 saturated carbocycles. The Balaban J connectivity index is 1.85. The number of benzene rings is 1. The van der Waals surface area contributed by atoms with E-state index < -0.39 is 6.04 Å². The van der Waals surface area contributed by atoms with Gasteiger partial charge in [0, 0.05) is 5.56 Å². The highest BCUT2D eigenvalue weighted by molar-refractivity contribution is 6.33. The topological polar surface area (TPSA) is 60.2 Å². The summed E-state index contributed by atoms with van der Waals surface area (Å²) in [5, 5.41) is 0.453. The average molecular weight is 348 g/mol. The highest BCUT2D eigenvalue weighted by atomic mass is 35.5. The second-order valence-electron chi connectivity index (χ2n) is 6.73. The van der Waals surface area contributed by atoms with Crippen molar-refractivity contribution in [2.75, 3.05) is 0 Å². The van der Waals surface area contributed by atoms with Crippen molar-refractivity contribution in [1.29, 1.82) is 0 Å². The summed E-state index contributed by atoms with van der Waals surface area (Å²) in [7, 11) is 0. The fraction of sp³-hybridized carbons (Fsp3) is 0.500. The number of halogens is 1. The smallest absolute Gasteiger partial charge is 0.172 e. The van der Waals surface area contributed by atoms with Crippen LogP contribution < -0.4 is 5.73 Å². The molecule has 0 heterocycles. The van der Waals surface area contributed by atoms with Crippen LogP contribution in [0.25, 0.3) is 0 Å². The zero-order chi connectivity index (χ0) is 17.5. The molecule has 2 N–H and O–H groups in total. The lowest BCUT2D eigenvalue weighted by atomic mass is 9.84. The number of hydrogen-bond donors (Lipinski definition) is 1. The van der Waals surface area contributed by atoms with Gasteiger partial charge in [-0.15, -0.1) is 0 Å². The Bertz CT molecular complexity index is 618. The van der Waals surface area contributed by atoms with Gasteiger partial charge in [0.1, 0.15) is 0 Å². The minimum Gasteiger partial charge on any atom is -0.321 e. The predicted molar refractivity (Wildman–Crippen MR) is 98.5 cm³/mol. The second-order valence-corrected chi connectivity index (χ2v) is 7.13. The van der Waals surface area contributed by atoms with Gasteiger partial charge in [-0.05, 0) is 49.5 Å². The van der Waals surface area contributed by atoms with Crippen LogP contribution in [-0.4, -0.2) is 17.6 Å². The van der Waals surface area contributed by atoms with Crippen molar-refractivity contribution in [1.82, 2.24) is 0 Å². The van der Waals surface area contributed by atoms with Gasteiger partial charge in [-0.3, -0.25) is 9.59 Å². The Labute approximate surface area is 149 Å². The molecule has 0 aromatic heterocycles. The van der Waals surface area contributed by atoms with Crippen molar-refractivity contribution in [2.45, 2.75) is 57.9 Å². The van der Waals surface area contributed by atoms with Crippen LogP contribution in [0.1, 0.15) is 61.4 Å². The zero-order valence-corrected chi connectivity index (χ0v) is 15.0. The molecule has 24 heavy (non-hydrogen) atoms. The molecule has 4 heteroatoms. The monoisotopic (exact) mass is 347 g/mol. The molecule has 1 aromatic rings. The average Bonchev–Trinajstić information content (AvgIpc) is 2.55. The number of carbonyl (C=O) groups excluding carboxylic acids is 2. The molecule has 1 atom stereocenters. The number of rotatable bonds is 7. The number of Topliss-reactive ketones (excluding diaryl/α,β-unsaturated/α-hetero) is 1. The van der Waals surface area contributed by atoms with Crippen LogP contribution in [-0.2, 0) is 11.2 Å². The maximum Gasteiger partial charge on any atom is 0.172 e. The normalized spacial score (nSPS) is 17.1. The third kappa shape index (κ3) is 5.57. The van der Waals surface area contributed by atoms with Gasteiger partial charge in [-0.1, -0.05) is 55.8 Å². The molecule has 1 aliphatic carbocycles. The molecule has 130 valence electrons. The summed E-state index contributed by atoms with van der Waals surface area (Å²) in [6, 6.07) is 4.96. The van der Waals surface area contributed by atoms with Gasteiger partial charge < -0.3 is 5.73 Å².